The average molecular weight is 697 g/mol. The Morgan fingerprint density at radius 2 is 1.48 bits per heavy atom. The SMILES string of the molecule is CC[C@@H](C)NC(=O)[C@@H](Cc1ccccc1)N(Cc1cccc(Cl)c1)C(=O)CN(c1ccc(Br)cc1)S(=O)(=O)c1ccccc1. The lowest BCUT2D eigenvalue weighted by molar-refractivity contribution is -0.140. The van der Waals surface area contributed by atoms with Gasteiger partial charge in [-0.25, -0.2) is 8.42 Å². The predicted molar refractivity (Wildman–Crippen MR) is 179 cm³/mol. The molecule has 4 rings (SSSR count). The van der Waals surface area contributed by atoms with E-state index in [2.05, 4.69) is 21.2 Å². The Morgan fingerprint density at radius 3 is 2.09 bits per heavy atom. The Balaban J connectivity index is 1.80. The first kappa shape index (κ1) is 33.2. The van der Waals surface area contributed by atoms with Crippen LogP contribution in [0.25, 0.3) is 0 Å². The van der Waals surface area contributed by atoms with Crippen LogP contribution in [0.2, 0.25) is 5.02 Å². The Bertz CT molecular complexity index is 1660. The zero-order chi connectivity index (χ0) is 31.7. The van der Waals surface area contributed by atoms with Gasteiger partial charge in [0.2, 0.25) is 11.8 Å². The smallest absolute Gasteiger partial charge is 0.264 e. The maximum atomic E-state index is 14.5. The number of carbonyl (C=O) groups is 2. The average Bonchev–Trinajstić information content (AvgIpc) is 3.02. The largest absolute Gasteiger partial charge is 0.352 e. The summed E-state index contributed by atoms with van der Waals surface area (Å²) < 4.78 is 29.9. The monoisotopic (exact) mass is 695 g/mol. The van der Waals surface area contributed by atoms with Crippen molar-refractivity contribution in [3.05, 3.63) is 130 Å². The highest BCUT2D eigenvalue weighted by Gasteiger charge is 2.35. The fourth-order valence-electron chi connectivity index (χ4n) is 4.68. The Morgan fingerprint density at radius 1 is 0.864 bits per heavy atom. The third-order valence-electron chi connectivity index (χ3n) is 7.24. The number of rotatable bonds is 13. The molecule has 0 saturated heterocycles. The molecule has 44 heavy (non-hydrogen) atoms. The Hall–Kier alpha value is -3.66. The highest BCUT2D eigenvalue weighted by molar-refractivity contribution is 9.10. The maximum absolute atomic E-state index is 14.5. The van der Waals surface area contributed by atoms with Crippen LogP contribution in [0.3, 0.4) is 0 Å². The molecule has 0 aliphatic heterocycles. The van der Waals surface area contributed by atoms with Crippen molar-refractivity contribution in [1.29, 1.82) is 0 Å². The van der Waals surface area contributed by atoms with E-state index in [4.69, 9.17) is 11.6 Å². The molecule has 4 aromatic rings. The molecule has 0 aliphatic carbocycles. The summed E-state index contributed by atoms with van der Waals surface area (Å²) in [7, 11) is -4.15. The second-order valence-electron chi connectivity index (χ2n) is 10.5. The second kappa shape index (κ2) is 15.4. The highest BCUT2D eigenvalue weighted by atomic mass is 79.9. The molecule has 230 valence electrons. The van der Waals surface area contributed by atoms with Crippen LogP contribution in [0, 0.1) is 0 Å². The first-order chi connectivity index (χ1) is 21.1. The molecule has 0 spiro atoms. The van der Waals surface area contributed by atoms with Gasteiger partial charge in [0.15, 0.2) is 0 Å². The van der Waals surface area contributed by atoms with Crippen LogP contribution < -0.4 is 9.62 Å². The maximum Gasteiger partial charge on any atom is 0.264 e. The van der Waals surface area contributed by atoms with Gasteiger partial charge in [0.05, 0.1) is 10.6 Å². The number of nitrogens with one attached hydrogen (secondary N) is 1. The number of hydrogen-bond donors (Lipinski definition) is 1. The van der Waals surface area contributed by atoms with Gasteiger partial charge in [-0.05, 0) is 73.0 Å². The predicted octanol–water partition coefficient (Wildman–Crippen LogP) is 6.85. The minimum Gasteiger partial charge on any atom is -0.352 e. The molecule has 0 heterocycles. The number of anilines is 1. The lowest BCUT2D eigenvalue weighted by Gasteiger charge is -2.34. The number of halogens is 2. The fraction of sp³-hybridized carbons (Fsp3) is 0.235. The van der Waals surface area contributed by atoms with Crippen molar-refractivity contribution in [2.24, 2.45) is 0 Å². The van der Waals surface area contributed by atoms with E-state index in [1.54, 1.807) is 60.7 Å². The van der Waals surface area contributed by atoms with Crippen molar-refractivity contribution in [2.45, 2.75) is 50.2 Å². The van der Waals surface area contributed by atoms with Crippen molar-refractivity contribution in [2.75, 3.05) is 10.8 Å². The molecule has 0 aliphatic rings. The van der Waals surface area contributed by atoms with Crippen molar-refractivity contribution < 1.29 is 18.0 Å². The summed E-state index contributed by atoms with van der Waals surface area (Å²) in [5.41, 5.74) is 1.89. The first-order valence-corrected chi connectivity index (χ1v) is 16.9. The molecular formula is C34H35BrClN3O4S. The van der Waals surface area contributed by atoms with E-state index >= 15 is 0 Å². The summed E-state index contributed by atoms with van der Waals surface area (Å²) in [6, 6.07) is 30.2. The van der Waals surface area contributed by atoms with E-state index in [1.807, 2.05) is 50.2 Å². The molecule has 4 aromatic carbocycles. The summed E-state index contributed by atoms with van der Waals surface area (Å²) in [6.45, 7) is 3.39. The van der Waals surface area contributed by atoms with Gasteiger partial charge in [-0.1, -0.05) is 95.1 Å². The van der Waals surface area contributed by atoms with Gasteiger partial charge in [-0.3, -0.25) is 13.9 Å². The minimum absolute atomic E-state index is 0.0460. The third kappa shape index (κ3) is 8.71. The van der Waals surface area contributed by atoms with Crippen molar-refractivity contribution >= 4 is 55.1 Å². The summed E-state index contributed by atoms with van der Waals surface area (Å²) >= 11 is 9.70. The summed E-state index contributed by atoms with van der Waals surface area (Å²) in [5.74, 6) is -0.854. The van der Waals surface area contributed by atoms with Crippen LogP contribution >= 0.6 is 27.5 Å². The zero-order valence-corrected chi connectivity index (χ0v) is 27.7. The molecule has 10 heteroatoms. The van der Waals surface area contributed by atoms with Gasteiger partial charge in [0.1, 0.15) is 12.6 Å². The van der Waals surface area contributed by atoms with E-state index < -0.39 is 28.5 Å². The topological polar surface area (TPSA) is 86.8 Å². The van der Waals surface area contributed by atoms with Crippen LogP contribution in [-0.2, 0) is 32.6 Å². The van der Waals surface area contributed by atoms with Crippen LogP contribution in [0.15, 0.2) is 119 Å². The molecule has 2 atom stereocenters. The third-order valence-corrected chi connectivity index (χ3v) is 9.79. The fourth-order valence-corrected chi connectivity index (χ4v) is 6.60. The van der Waals surface area contributed by atoms with Gasteiger partial charge >= 0.3 is 0 Å². The molecule has 0 aromatic heterocycles. The number of sulfonamides is 1. The van der Waals surface area contributed by atoms with Crippen molar-refractivity contribution in [3.63, 3.8) is 0 Å². The minimum atomic E-state index is -4.15. The summed E-state index contributed by atoms with van der Waals surface area (Å²) in [6.07, 6.45) is 0.942. The number of carbonyl (C=O) groups excluding carboxylic acids is 2. The zero-order valence-electron chi connectivity index (χ0n) is 24.6. The molecule has 1 N–H and O–H groups in total. The second-order valence-corrected chi connectivity index (χ2v) is 13.7. The molecule has 2 amide bonds. The molecule has 7 nitrogen and oxygen atoms in total. The number of benzene rings is 4. The van der Waals surface area contributed by atoms with Crippen LogP contribution in [0.5, 0.6) is 0 Å². The lowest BCUT2D eigenvalue weighted by atomic mass is 10.0. The Labute approximate surface area is 273 Å². The Kier molecular flexibility index (Phi) is 11.6. The highest BCUT2D eigenvalue weighted by Crippen LogP contribution is 2.26. The number of nitrogens with zero attached hydrogens (tertiary/aromatic N) is 2. The molecule has 0 radical (unpaired) electrons. The van der Waals surface area contributed by atoms with Crippen molar-refractivity contribution in [1.82, 2.24) is 10.2 Å². The summed E-state index contributed by atoms with van der Waals surface area (Å²) in [5, 5.41) is 3.52. The first-order valence-electron chi connectivity index (χ1n) is 14.3. The van der Waals surface area contributed by atoms with Crippen molar-refractivity contribution in [3.8, 4) is 0 Å². The van der Waals surface area contributed by atoms with Gasteiger partial charge in [-0.2, -0.15) is 0 Å². The van der Waals surface area contributed by atoms with E-state index in [1.165, 1.54) is 17.0 Å². The van der Waals surface area contributed by atoms with Crippen LogP contribution in [-0.4, -0.2) is 43.8 Å². The van der Waals surface area contributed by atoms with Gasteiger partial charge in [0.25, 0.3) is 10.0 Å². The van der Waals surface area contributed by atoms with E-state index in [9.17, 15) is 18.0 Å². The number of amides is 2. The quantitative estimate of drug-likeness (QED) is 0.166. The molecule has 0 fully saturated rings. The van der Waals surface area contributed by atoms with E-state index in [0.717, 1.165) is 14.3 Å². The lowest BCUT2D eigenvalue weighted by Crippen LogP contribution is -2.54. The number of hydrogen-bond acceptors (Lipinski definition) is 4. The van der Waals surface area contributed by atoms with Crippen LogP contribution in [0.1, 0.15) is 31.4 Å². The van der Waals surface area contributed by atoms with E-state index in [-0.39, 0.29) is 29.8 Å². The van der Waals surface area contributed by atoms with Gasteiger partial charge in [0, 0.05) is 28.5 Å². The summed E-state index contributed by atoms with van der Waals surface area (Å²) in [4.78, 5) is 29.8. The standard InChI is InChI=1S/C34H35BrClN3O4S/c1-3-25(2)37-34(41)32(22-26-11-6-4-7-12-26)38(23-27-13-10-14-29(36)21-27)33(40)24-39(30-19-17-28(35)18-20-30)44(42,43)31-15-8-5-9-16-31/h4-21,25,32H,3,22-24H2,1-2H3,(H,37,41)/t25-,32-/m1/s1. The van der Waals surface area contributed by atoms with E-state index in [0.29, 0.717) is 22.7 Å². The van der Waals surface area contributed by atoms with Gasteiger partial charge < -0.3 is 10.2 Å². The normalized spacial score (nSPS) is 12.6. The molecule has 0 bridgehead atoms. The van der Waals surface area contributed by atoms with Gasteiger partial charge in [-0.15, -0.1) is 0 Å². The molecule has 0 unspecified atom stereocenters. The molecular weight excluding hydrogens is 662 g/mol. The molecule has 0 saturated carbocycles. The van der Waals surface area contributed by atoms with Crippen LogP contribution in [0.4, 0.5) is 5.69 Å².